The van der Waals surface area contributed by atoms with Gasteiger partial charge in [-0.2, -0.15) is 5.06 Å². The zero-order valence-corrected chi connectivity index (χ0v) is 20.4. The lowest BCUT2D eigenvalue weighted by atomic mass is 9.87. The van der Waals surface area contributed by atoms with Crippen LogP contribution in [-0.4, -0.2) is 123 Å². The molecule has 29 heavy (non-hydrogen) atoms. The van der Waals surface area contributed by atoms with Crippen molar-refractivity contribution in [2.45, 2.75) is 49.5 Å². The van der Waals surface area contributed by atoms with Crippen LogP contribution in [0.2, 0.25) is 0 Å². The number of hydrogen-bond acceptors (Lipinski definition) is 8. The monoisotopic (exact) mass is 525 g/mol. The normalized spacial score (nSPS) is 37.0. The summed E-state index contributed by atoms with van der Waals surface area (Å²) in [5, 5.41) is 1.72. The van der Waals surface area contributed by atoms with E-state index in [0.29, 0.717) is 13.2 Å². The molecule has 0 aromatic carbocycles. The number of halogens is 1. The third-order valence-corrected chi connectivity index (χ3v) is 4.98. The molecule has 166 valence electrons. The molecule has 2 saturated heterocycles. The first-order chi connectivity index (χ1) is 13.9. The van der Waals surface area contributed by atoms with Crippen molar-refractivity contribution in [3.63, 3.8) is 0 Å². The maximum absolute atomic E-state index is 6.01. The predicted octanol–water partition coefficient (Wildman–Crippen LogP) is 0.386. The molecular weight excluding hydrogens is 491 g/mol. The highest BCUT2D eigenvalue weighted by Gasteiger charge is 2.44. The van der Waals surface area contributed by atoms with Crippen molar-refractivity contribution in [3.8, 4) is 0 Å². The number of alkyl halides is 1. The van der Waals surface area contributed by atoms with Gasteiger partial charge in [0.15, 0.2) is 0 Å². The van der Waals surface area contributed by atoms with Crippen molar-refractivity contribution < 1.29 is 33.3 Å². The third kappa shape index (κ3) is 7.87. The van der Waals surface area contributed by atoms with Crippen LogP contribution >= 0.6 is 22.6 Å². The Morgan fingerprint density at radius 3 is 1.90 bits per heavy atom. The first kappa shape index (κ1) is 27.6. The highest BCUT2D eigenvalue weighted by molar-refractivity contribution is 14.1. The molecule has 2 heterocycles. The lowest BCUT2D eigenvalue weighted by molar-refractivity contribution is -0.186. The van der Waals surface area contributed by atoms with Gasteiger partial charge in [0.05, 0.1) is 25.4 Å². The Hall–Kier alpha value is 0.540. The molecule has 2 fully saturated rings. The van der Waals surface area contributed by atoms with E-state index in [4.69, 9.17) is 49.0 Å². The van der Waals surface area contributed by atoms with Gasteiger partial charge in [-0.1, -0.05) is 29.5 Å². The Morgan fingerprint density at radius 2 is 1.38 bits per heavy atom. The summed E-state index contributed by atoms with van der Waals surface area (Å²) >= 11 is 2.29. The molecule has 0 aliphatic carbocycles. The molecule has 0 aromatic heterocycles. The minimum Gasteiger partial charge on any atom is -0.382 e. The minimum atomic E-state index is -0.547. The van der Waals surface area contributed by atoms with Crippen molar-refractivity contribution in [2.24, 2.45) is 5.92 Å². The molecule has 0 N–H and O–H groups in total. The van der Waals surface area contributed by atoms with Crippen LogP contribution in [0.5, 0.6) is 0 Å². The molecular formula is C18H34B2INO7. The van der Waals surface area contributed by atoms with Gasteiger partial charge in [0.25, 0.3) is 0 Å². The fraction of sp³-hybridized carbons (Fsp3) is 1.00. The molecule has 0 saturated carbocycles. The van der Waals surface area contributed by atoms with E-state index >= 15 is 0 Å². The van der Waals surface area contributed by atoms with Gasteiger partial charge in [-0.15, -0.1) is 0 Å². The standard InChI is InChI=1S/C16H29B2NO7.C2H5I/c1-19(6-9-10(7-20-2)25-15(17)12(9)21-3)24-8-11-13(22-4)14(23-5)16(18)26-11;1-2-3/h9-16H,6-8H2,1-5H3;2H2,1H3/t9-,10-,11?,12-,13-,14-,15-,16-;/m1./s1. The van der Waals surface area contributed by atoms with Gasteiger partial charge in [0.1, 0.15) is 34.0 Å². The second-order valence-electron chi connectivity index (χ2n) is 6.87. The second-order valence-corrected chi connectivity index (χ2v) is 8.40. The Kier molecular flexibility index (Phi) is 13.9. The molecule has 2 aliphatic rings. The zero-order chi connectivity index (χ0) is 22.0. The van der Waals surface area contributed by atoms with E-state index in [2.05, 4.69) is 29.5 Å². The second kappa shape index (κ2) is 14.6. The van der Waals surface area contributed by atoms with E-state index in [1.54, 1.807) is 33.5 Å². The van der Waals surface area contributed by atoms with Crippen LogP contribution in [0.4, 0.5) is 0 Å². The maximum Gasteiger partial charge on any atom is 0.113 e. The van der Waals surface area contributed by atoms with Gasteiger partial charge in [0, 0.05) is 60.0 Å². The topological polar surface area (TPSA) is 67.9 Å². The number of hydroxylamine groups is 2. The Labute approximate surface area is 191 Å². The molecule has 8 nitrogen and oxygen atoms in total. The van der Waals surface area contributed by atoms with E-state index in [-0.39, 0.29) is 43.0 Å². The SMILES string of the molecule is CCI.[B][C@@H]1O[C@H](COC)[C@@H](CN(C)OCC2O[C@@H]([B])[C@H](OC)[C@@H]2OC)[C@H]1OC. The molecule has 0 aromatic rings. The average Bonchev–Trinajstić information content (AvgIpc) is 3.15. The summed E-state index contributed by atoms with van der Waals surface area (Å²) in [5.41, 5.74) is 0. The summed E-state index contributed by atoms with van der Waals surface area (Å²) < 4.78 is 34.2. The first-order valence-electron chi connectivity index (χ1n) is 9.67. The fourth-order valence-electron chi connectivity index (χ4n) is 3.69. The largest absolute Gasteiger partial charge is 0.382 e. The molecule has 1 unspecified atom stereocenters. The number of hydrogen-bond donors (Lipinski definition) is 0. The number of methoxy groups -OCH3 is 4. The number of rotatable bonds is 10. The van der Waals surface area contributed by atoms with Gasteiger partial charge in [-0.05, 0) is 4.43 Å². The van der Waals surface area contributed by atoms with Crippen LogP contribution in [0.15, 0.2) is 0 Å². The predicted molar refractivity (Wildman–Crippen MR) is 120 cm³/mol. The average molecular weight is 525 g/mol. The highest BCUT2D eigenvalue weighted by atomic mass is 127. The van der Waals surface area contributed by atoms with Gasteiger partial charge in [-0.25, -0.2) is 0 Å². The fourth-order valence-corrected chi connectivity index (χ4v) is 3.69. The van der Waals surface area contributed by atoms with E-state index in [1.807, 2.05) is 7.05 Å². The van der Waals surface area contributed by atoms with Crippen molar-refractivity contribution in [3.05, 3.63) is 0 Å². The number of ether oxygens (including phenoxy) is 6. The van der Waals surface area contributed by atoms with Crippen LogP contribution in [0.25, 0.3) is 0 Å². The van der Waals surface area contributed by atoms with E-state index in [9.17, 15) is 0 Å². The third-order valence-electron chi connectivity index (χ3n) is 4.98. The van der Waals surface area contributed by atoms with Crippen molar-refractivity contribution in [2.75, 3.05) is 59.7 Å². The van der Waals surface area contributed by atoms with Gasteiger partial charge < -0.3 is 28.4 Å². The van der Waals surface area contributed by atoms with Crippen LogP contribution in [0.1, 0.15) is 6.92 Å². The number of nitrogens with zero attached hydrogens (tertiary/aromatic N) is 1. The highest BCUT2D eigenvalue weighted by Crippen LogP contribution is 2.29. The molecule has 2 aliphatic heterocycles. The van der Waals surface area contributed by atoms with Crippen LogP contribution in [0, 0.1) is 5.92 Å². The first-order valence-corrected chi connectivity index (χ1v) is 11.2. The van der Waals surface area contributed by atoms with Gasteiger partial charge in [0.2, 0.25) is 0 Å². The smallest absolute Gasteiger partial charge is 0.113 e. The summed E-state index contributed by atoms with van der Waals surface area (Å²) in [7, 11) is 20.2. The quantitative estimate of drug-likeness (QED) is 0.176. The summed E-state index contributed by atoms with van der Waals surface area (Å²) in [5.74, 6) is 0.0108. The van der Waals surface area contributed by atoms with E-state index in [1.165, 1.54) is 4.43 Å². The van der Waals surface area contributed by atoms with Crippen LogP contribution < -0.4 is 0 Å². The Balaban J connectivity index is 0.00000132. The van der Waals surface area contributed by atoms with Crippen LogP contribution in [0.3, 0.4) is 0 Å². The summed E-state index contributed by atoms with van der Waals surface area (Å²) in [6.45, 7) is 3.40. The van der Waals surface area contributed by atoms with Crippen molar-refractivity contribution in [1.82, 2.24) is 5.06 Å². The van der Waals surface area contributed by atoms with Crippen LogP contribution in [-0.2, 0) is 33.3 Å². The maximum atomic E-state index is 6.01. The van der Waals surface area contributed by atoms with Gasteiger partial charge in [-0.3, -0.25) is 4.84 Å². The van der Waals surface area contributed by atoms with E-state index in [0.717, 1.165) is 0 Å². The molecule has 0 amide bonds. The molecule has 8 atom stereocenters. The molecule has 4 radical (unpaired) electrons. The lowest BCUT2D eigenvalue weighted by Gasteiger charge is -2.28. The summed E-state index contributed by atoms with van der Waals surface area (Å²) in [6, 6.07) is -1.04. The Bertz CT molecular complexity index is 443. The lowest BCUT2D eigenvalue weighted by Crippen LogP contribution is -2.42. The zero-order valence-electron chi connectivity index (χ0n) is 18.3. The summed E-state index contributed by atoms with van der Waals surface area (Å²) in [4.78, 5) is 5.84. The summed E-state index contributed by atoms with van der Waals surface area (Å²) in [6.07, 6.45) is -1.34. The van der Waals surface area contributed by atoms with E-state index < -0.39 is 12.0 Å². The minimum absolute atomic E-state index is 0.0108. The molecule has 0 spiro atoms. The molecule has 0 bridgehead atoms. The Morgan fingerprint density at radius 1 is 0.862 bits per heavy atom. The molecule has 2 rings (SSSR count). The molecule has 11 heteroatoms. The van der Waals surface area contributed by atoms with Gasteiger partial charge >= 0.3 is 0 Å². The van der Waals surface area contributed by atoms with Crippen molar-refractivity contribution >= 4 is 38.3 Å². The van der Waals surface area contributed by atoms with Crippen molar-refractivity contribution in [1.29, 1.82) is 0 Å².